The lowest BCUT2D eigenvalue weighted by Gasteiger charge is -2.38. The minimum Gasteiger partial charge on any atom is -0.354 e. The highest BCUT2D eigenvalue weighted by Crippen LogP contribution is 2.30. The summed E-state index contributed by atoms with van der Waals surface area (Å²) >= 11 is 0. The molecule has 2 aliphatic rings. The zero-order valence-corrected chi connectivity index (χ0v) is 16.3. The number of piperidine rings is 1. The van der Waals surface area contributed by atoms with Crippen LogP contribution in [0, 0.1) is 11.7 Å². The van der Waals surface area contributed by atoms with E-state index in [0.717, 1.165) is 32.2 Å². The van der Waals surface area contributed by atoms with E-state index in [0.29, 0.717) is 25.2 Å². The molecular weight excluding hydrogens is 345 g/mol. The minimum atomic E-state index is -0.912. The molecule has 0 aromatic heterocycles. The molecule has 2 unspecified atom stereocenters. The number of nitrogens with zero attached hydrogens (tertiary/aromatic N) is 1. The highest BCUT2D eigenvalue weighted by molar-refractivity contribution is 5.87. The van der Waals surface area contributed by atoms with E-state index in [1.165, 1.54) is 6.07 Å². The molecule has 2 heterocycles. The topological polar surface area (TPSA) is 61.4 Å². The maximum absolute atomic E-state index is 14.2. The summed E-state index contributed by atoms with van der Waals surface area (Å²) in [6.45, 7) is 6.34. The molecule has 0 radical (unpaired) electrons. The highest BCUT2D eigenvalue weighted by atomic mass is 19.1. The lowest BCUT2D eigenvalue weighted by Crippen LogP contribution is -2.50. The molecule has 27 heavy (non-hydrogen) atoms. The molecule has 3 rings (SSSR count). The van der Waals surface area contributed by atoms with Crippen molar-refractivity contribution in [2.75, 3.05) is 26.2 Å². The summed E-state index contributed by atoms with van der Waals surface area (Å²) in [5, 5.41) is 6.24. The molecule has 6 heteroatoms. The zero-order chi connectivity index (χ0) is 19.4. The fraction of sp³-hybridized carbons (Fsp3) is 0.619. The van der Waals surface area contributed by atoms with E-state index in [1.807, 2.05) is 4.90 Å². The Hall–Kier alpha value is -1.95. The number of benzene rings is 1. The lowest BCUT2D eigenvalue weighted by atomic mass is 9.82. The predicted octanol–water partition coefficient (Wildman–Crippen LogP) is 2.21. The monoisotopic (exact) mass is 375 g/mol. The van der Waals surface area contributed by atoms with Gasteiger partial charge in [0.1, 0.15) is 5.82 Å². The molecular formula is C21H30FN3O2. The van der Waals surface area contributed by atoms with Crippen molar-refractivity contribution in [3.05, 3.63) is 35.6 Å². The van der Waals surface area contributed by atoms with Gasteiger partial charge in [0, 0.05) is 25.2 Å². The van der Waals surface area contributed by atoms with Crippen molar-refractivity contribution < 1.29 is 14.0 Å². The average Bonchev–Trinajstić information content (AvgIpc) is 3.21. The summed E-state index contributed by atoms with van der Waals surface area (Å²) in [7, 11) is 0. The Labute approximate surface area is 160 Å². The number of rotatable bonds is 5. The van der Waals surface area contributed by atoms with Crippen LogP contribution >= 0.6 is 0 Å². The van der Waals surface area contributed by atoms with Gasteiger partial charge in [-0.15, -0.1) is 0 Å². The van der Waals surface area contributed by atoms with Crippen molar-refractivity contribution in [3.63, 3.8) is 0 Å². The normalized spacial score (nSPS) is 23.3. The Kier molecular flexibility index (Phi) is 6.15. The van der Waals surface area contributed by atoms with E-state index in [9.17, 15) is 14.0 Å². The lowest BCUT2D eigenvalue weighted by molar-refractivity contribution is -0.138. The summed E-state index contributed by atoms with van der Waals surface area (Å²) in [6.07, 6.45) is 3.82. The maximum atomic E-state index is 14.2. The Morgan fingerprint density at radius 1 is 1.26 bits per heavy atom. The molecule has 2 N–H and O–H groups in total. The second-order valence-corrected chi connectivity index (χ2v) is 8.26. The summed E-state index contributed by atoms with van der Waals surface area (Å²) < 4.78 is 14.2. The van der Waals surface area contributed by atoms with Crippen LogP contribution < -0.4 is 10.6 Å². The van der Waals surface area contributed by atoms with Crippen molar-refractivity contribution in [1.82, 2.24) is 15.5 Å². The molecule has 2 atom stereocenters. The first kappa shape index (κ1) is 19.8. The molecule has 0 saturated carbocycles. The SMILES string of the molecule is CC(C)(C(=O)N1CCCC(CNC(=O)C2CCCN2)C1)c1ccccc1F. The molecule has 148 valence electrons. The fourth-order valence-electron chi connectivity index (χ4n) is 4.17. The minimum absolute atomic E-state index is 0.0545. The number of amides is 2. The van der Waals surface area contributed by atoms with Gasteiger partial charge in [0.15, 0.2) is 0 Å². The van der Waals surface area contributed by atoms with Gasteiger partial charge >= 0.3 is 0 Å². The van der Waals surface area contributed by atoms with Crippen LogP contribution in [0.4, 0.5) is 4.39 Å². The van der Waals surface area contributed by atoms with Gasteiger partial charge < -0.3 is 15.5 Å². The second kappa shape index (κ2) is 8.38. The van der Waals surface area contributed by atoms with Crippen molar-refractivity contribution in [2.24, 2.45) is 5.92 Å². The van der Waals surface area contributed by atoms with Gasteiger partial charge in [-0.1, -0.05) is 18.2 Å². The van der Waals surface area contributed by atoms with Crippen molar-refractivity contribution >= 4 is 11.8 Å². The predicted molar refractivity (Wildman–Crippen MR) is 103 cm³/mol. The fourth-order valence-corrected chi connectivity index (χ4v) is 4.17. The van der Waals surface area contributed by atoms with E-state index in [2.05, 4.69) is 10.6 Å². The quantitative estimate of drug-likeness (QED) is 0.830. The molecule has 2 amide bonds. The van der Waals surface area contributed by atoms with E-state index < -0.39 is 5.41 Å². The Morgan fingerprint density at radius 2 is 2.04 bits per heavy atom. The van der Waals surface area contributed by atoms with Gasteiger partial charge in [0.2, 0.25) is 11.8 Å². The average molecular weight is 375 g/mol. The third-order valence-corrected chi connectivity index (χ3v) is 5.83. The smallest absolute Gasteiger partial charge is 0.237 e. The molecule has 5 nitrogen and oxygen atoms in total. The number of hydrogen-bond donors (Lipinski definition) is 2. The van der Waals surface area contributed by atoms with Crippen LogP contribution in [0.1, 0.15) is 45.1 Å². The zero-order valence-electron chi connectivity index (χ0n) is 16.3. The van der Waals surface area contributed by atoms with Gasteiger partial charge in [-0.2, -0.15) is 0 Å². The summed E-state index contributed by atoms with van der Waals surface area (Å²) in [5.41, 5.74) is -0.484. The summed E-state index contributed by atoms with van der Waals surface area (Å²) in [6, 6.07) is 6.41. The van der Waals surface area contributed by atoms with Gasteiger partial charge in [-0.25, -0.2) is 4.39 Å². The van der Waals surface area contributed by atoms with Crippen molar-refractivity contribution in [3.8, 4) is 0 Å². The number of hydrogen-bond acceptors (Lipinski definition) is 3. The van der Waals surface area contributed by atoms with Gasteiger partial charge in [-0.3, -0.25) is 9.59 Å². The van der Waals surface area contributed by atoms with Crippen LogP contribution in [-0.4, -0.2) is 48.9 Å². The van der Waals surface area contributed by atoms with E-state index in [4.69, 9.17) is 0 Å². The molecule has 0 bridgehead atoms. The summed E-state index contributed by atoms with van der Waals surface area (Å²) in [5.74, 6) is -0.103. The van der Waals surface area contributed by atoms with Crippen LogP contribution in [0.2, 0.25) is 0 Å². The number of carbonyl (C=O) groups excluding carboxylic acids is 2. The van der Waals surface area contributed by atoms with Gasteiger partial charge in [-0.05, 0) is 58.1 Å². The first-order valence-electron chi connectivity index (χ1n) is 9.95. The van der Waals surface area contributed by atoms with Crippen LogP contribution in [0.25, 0.3) is 0 Å². The second-order valence-electron chi connectivity index (χ2n) is 8.26. The number of likely N-dealkylation sites (tertiary alicyclic amines) is 1. The summed E-state index contributed by atoms with van der Waals surface area (Å²) in [4.78, 5) is 27.2. The van der Waals surface area contributed by atoms with Gasteiger partial charge in [0.05, 0.1) is 11.5 Å². The van der Waals surface area contributed by atoms with E-state index >= 15 is 0 Å². The largest absolute Gasteiger partial charge is 0.354 e. The van der Waals surface area contributed by atoms with Crippen LogP contribution in [0.15, 0.2) is 24.3 Å². The molecule has 1 aromatic rings. The maximum Gasteiger partial charge on any atom is 0.237 e. The van der Waals surface area contributed by atoms with Crippen LogP contribution in [0.3, 0.4) is 0 Å². The molecule has 2 aliphatic heterocycles. The standard InChI is InChI=1S/C21H30FN3O2/c1-21(2,16-8-3-4-9-17(16)22)20(27)25-12-6-7-15(14-25)13-24-19(26)18-10-5-11-23-18/h3-4,8-9,15,18,23H,5-7,10-14H2,1-2H3,(H,24,26). The Balaban J connectivity index is 1.59. The van der Waals surface area contributed by atoms with Crippen molar-refractivity contribution in [2.45, 2.75) is 51.0 Å². The van der Waals surface area contributed by atoms with E-state index in [1.54, 1.807) is 32.0 Å². The number of carbonyl (C=O) groups is 2. The van der Waals surface area contributed by atoms with E-state index in [-0.39, 0.29) is 29.6 Å². The first-order valence-corrected chi connectivity index (χ1v) is 9.95. The Bertz CT molecular complexity index is 686. The molecule has 1 aromatic carbocycles. The first-order chi connectivity index (χ1) is 12.9. The molecule has 2 saturated heterocycles. The third kappa shape index (κ3) is 4.49. The number of nitrogens with one attached hydrogen (secondary N) is 2. The number of halogens is 1. The van der Waals surface area contributed by atoms with Crippen LogP contribution in [0.5, 0.6) is 0 Å². The van der Waals surface area contributed by atoms with Crippen molar-refractivity contribution in [1.29, 1.82) is 0 Å². The molecule has 0 aliphatic carbocycles. The molecule has 2 fully saturated rings. The Morgan fingerprint density at radius 3 is 2.74 bits per heavy atom. The van der Waals surface area contributed by atoms with Gasteiger partial charge in [0.25, 0.3) is 0 Å². The third-order valence-electron chi connectivity index (χ3n) is 5.83. The molecule has 0 spiro atoms. The van der Waals surface area contributed by atoms with Crippen LogP contribution in [-0.2, 0) is 15.0 Å². The highest BCUT2D eigenvalue weighted by Gasteiger charge is 2.37.